The summed E-state index contributed by atoms with van der Waals surface area (Å²) < 4.78 is 0. The van der Waals surface area contributed by atoms with Gasteiger partial charge in [0.1, 0.15) is 6.04 Å². The van der Waals surface area contributed by atoms with E-state index in [1.54, 1.807) is 16.2 Å². The average molecular weight is 467 g/mol. The minimum atomic E-state index is -0.722. The second kappa shape index (κ2) is 10.8. The maximum Gasteiger partial charge on any atom is 0.247 e. The molecule has 0 unspecified atom stereocenters. The van der Waals surface area contributed by atoms with E-state index in [-0.39, 0.29) is 30.8 Å². The zero-order chi connectivity index (χ0) is 22.3. The monoisotopic (exact) mass is 466 g/mol. The molecule has 1 N–H and O–H groups in total. The maximum absolute atomic E-state index is 13.6. The van der Waals surface area contributed by atoms with Crippen molar-refractivity contribution in [1.29, 1.82) is 0 Å². The van der Waals surface area contributed by atoms with Gasteiger partial charge in [-0.3, -0.25) is 9.59 Å². The summed E-state index contributed by atoms with van der Waals surface area (Å²) in [6.07, 6.45) is 4.48. The van der Waals surface area contributed by atoms with Crippen LogP contribution in [0.1, 0.15) is 47.7 Å². The van der Waals surface area contributed by atoms with E-state index in [2.05, 4.69) is 5.32 Å². The Hall–Kier alpha value is -2.63. The molecular formula is C26H27ClN2O2S. The normalized spacial score (nSPS) is 14.8. The third-order valence-electron chi connectivity index (χ3n) is 5.90. The van der Waals surface area contributed by atoms with Gasteiger partial charge in [0, 0.05) is 22.5 Å². The first kappa shape index (κ1) is 22.6. The largest absolute Gasteiger partial charge is 0.351 e. The number of halogens is 1. The molecule has 4 rings (SSSR count). The number of nitrogens with one attached hydrogen (secondary N) is 1. The number of thiophene rings is 1. The van der Waals surface area contributed by atoms with Crippen molar-refractivity contribution in [3.63, 3.8) is 0 Å². The second-order valence-electron chi connectivity index (χ2n) is 8.17. The fourth-order valence-electron chi connectivity index (χ4n) is 4.26. The highest BCUT2D eigenvalue weighted by molar-refractivity contribution is 7.10. The molecule has 0 bridgehead atoms. The van der Waals surface area contributed by atoms with Crippen LogP contribution in [0.4, 0.5) is 0 Å². The molecule has 6 heteroatoms. The topological polar surface area (TPSA) is 49.4 Å². The Labute approximate surface area is 198 Å². The van der Waals surface area contributed by atoms with Gasteiger partial charge in [-0.15, -0.1) is 11.3 Å². The lowest BCUT2D eigenvalue weighted by atomic mass is 10.0. The maximum atomic E-state index is 13.6. The van der Waals surface area contributed by atoms with Crippen LogP contribution < -0.4 is 5.32 Å². The number of benzene rings is 2. The molecule has 166 valence electrons. The number of carbonyl (C=O) groups is 2. The van der Waals surface area contributed by atoms with Crippen LogP contribution in [0.25, 0.3) is 0 Å². The molecule has 1 saturated carbocycles. The van der Waals surface area contributed by atoms with Gasteiger partial charge >= 0.3 is 0 Å². The lowest BCUT2D eigenvalue weighted by Crippen LogP contribution is -2.46. The van der Waals surface area contributed by atoms with Crippen molar-refractivity contribution in [3.8, 4) is 0 Å². The van der Waals surface area contributed by atoms with E-state index in [0.29, 0.717) is 5.02 Å². The van der Waals surface area contributed by atoms with Crippen LogP contribution in [-0.2, 0) is 22.6 Å². The predicted molar refractivity (Wildman–Crippen MR) is 130 cm³/mol. The zero-order valence-electron chi connectivity index (χ0n) is 17.9. The first-order chi connectivity index (χ1) is 15.6. The summed E-state index contributed by atoms with van der Waals surface area (Å²) in [5.74, 6) is -0.225. The van der Waals surface area contributed by atoms with Gasteiger partial charge < -0.3 is 10.2 Å². The highest BCUT2D eigenvalue weighted by Gasteiger charge is 2.33. The minimum absolute atomic E-state index is 0.0946. The van der Waals surface area contributed by atoms with Crippen LogP contribution in [-0.4, -0.2) is 22.8 Å². The molecule has 1 aromatic heterocycles. The summed E-state index contributed by atoms with van der Waals surface area (Å²) >= 11 is 7.99. The first-order valence-electron chi connectivity index (χ1n) is 11.0. The molecule has 1 fully saturated rings. The van der Waals surface area contributed by atoms with E-state index in [1.165, 1.54) is 0 Å². The van der Waals surface area contributed by atoms with Crippen molar-refractivity contribution < 1.29 is 9.59 Å². The molecule has 0 saturated heterocycles. The molecular weight excluding hydrogens is 440 g/mol. The van der Waals surface area contributed by atoms with Gasteiger partial charge in [0.2, 0.25) is 11.8 Å². The first-order valence-corrected chi connectivity index (χ1v) is 12.3. The zero-order valence-corrected chi connectivity index (χ0v) is 19.4. The summed E-state index contributed by atoms with van der Waals surface area (Å²) in [6.45, 7) is 0.265. The second-order valence-corrected chi connectivity index (χ2v) is 9.61. The Morgan fingerprint density at radius 1 is 1.00 bits per heavy atom. The molecule has 1 atom stereocenters. The van der Waals surface area contributed by atoms with Crippen molar-refractivity contribution >= 4 is 34.8 Å². The number of carbonyl (C=O) groups excluding carboxylic acids is 2. The van der Waals surface area contributed by atoms with E-state index in [0.717, 1.165) is 41.7 Å². The van der Waals surface area contributed by atoms with Gasteiger partial charge in [0.25, 0.3) is 0 Å². The summed E-state index contributed by atoms with van der Waals surface area (Å²) in [4.78, 5) is 29.8. The van der Waals surface area contributed by atoms with E-state index in [1.807, 2.05) is 72.1 Å². The van der Waals surface area contributed by atoms with Gasteiger partial charge in [-0.05, 0) is 41.5 Å². The standard InChI is InChI=1S/C26H27ClN2O2S/c27-23-15-7-4-11-20(23)18-29(24(30)17-22-14-8-16-32-22)25(19-9-2-1-3-10-19)26(31)28-21-12-5-6-13-21/h1-4,7-11,14-16,21,25H,5-6,12-13,17-18H2,(H,28,31)/t25-/m1/s1. The molecule has 3 aromatic rings. The lowest BCUT2D eigenvalue weighted by molar-refractivity contribution is -0.141. The quantitative estimate of drug-likeness (QED) is 0.458. The van der Waals surface area contributed by atoms with Crippen molar-refractivity contribution in [1.82, 2.24) is 10.2 Å². The average Bonchev–Trinajstić information content (AvgIpc) is 3.50. The lowest BCUT2D eigenvalue weighted by Gasteiger charge is -2.32. The SMILES string of the molecule is O=C(NC1CCCC1)[C@@H](c1ccccc1)N(Cc1ccccc1Cl)C(=O)Cc1cccs1. The van der Waals surface area contributed by atoms with Crippen molar-refractivity contribution in [3.05, 3.63) is 93.1 Å². The number of amides is 2. The molecule has 2 amide bonds. The summed E-state index contributed by atoms with van der Waals surface area (Å²) in [7, 11) is 0. The molecule has 1 aliphatic carbocycles. The Morgan fingerprint density at radius 3 is 2.41 bits per heavy atom. The third kappa shape index (κ3) is 5.59. The molecule has 0 spiro atoms. The molecule has 1 aliphatic rings. The van der Waals surface area contributed by atoms with Gasteiger partial charge in [0.15, 0.2) is 0 Å². The van der Waals surface area contributed by atoms with Crippen molar-refractivity contribution in [2.75, 3.05) is 0 Å². The highest BCUT2D eigenvalue weighted by atomic mass is 35.5. The van der Waals surface area contributed by atoms with Crippen LogP contribution in [0.5, 0.6) is 0 Å². The molecule has 32 heavy (non-hydrogen) atoms. The number of hydrogen-bond donors (Lipinski definition) is 1. The fourth-order valence-corrected chi connectivity index (χ4v) is 5.15. The van der Waals surface area contributed by atoms with Crippen LogP contribution in [0.3, 0.4) is 0 Å². The summed E-state index contributed by atoms with van der Waals surface area (Å²) in [5.41, 5.74) is 1.62. The molecule has 0 radical (unpaired) electrons. The number of hydrogen-bond acceptors (Lipinski definition) is 3. The van der Waals surface area contributed by atoms with Crippen LogP contribution in [0.15, 0.2) is 72.1 Å². The third-order valence-corrected chi connectivity index (χ3v) is 7.15. The Kier molecular flexibility index (Phi) is 7.61. The van der Waals surface area contributed by atoms with Gasteiger partial charge in [-0.25, -0.2) is 0 Å². The Bertz CT molecular complexity index is 1030. The predicted octanol–water partition coefficient (Wildman–Crippen LogP) is 5.77. The highest BCUT2D eigenvalue weighted by Crippen LogP contribution is 2.28. The Morgan fingerprint density at radius 2 is 1.72 bits per heavy atom. The minimum Gasteiger partial charge on any atom is -0.351 e. The van der Waals surface area contributed by atoms with Gasteiger partial charge in [-0.1, -0.05) is 79.0 Å². The number of nitrogens with zero attached hydrogens (tertiary/aromatic N) is 1. The van der Waals surface area contributed by atoms with E-state index in [9.17, 15) is 9.59 Å². The smallest absolute Gasteiger partial charge is 0.247 e. The van der Waals surface area contributed by atoms with E-state index >= 15 is 0 Å². The molecule has 1 heterocycles. The van der Waals surface area contributed by atoms with Gasteiger partial charge in [0.05, 0.1) is 6.42 Å². The van der Waals surface area contributed by atoms with Gasteiger partial charge in [-0.2, -0.15) is 0 Å². The summed E-state index contributed by atoms with van der Waals surface area (Å²) in [5, 5.41) is 5.76. The summed E-state index contributed by atoms with van der Waals surface area (Å²) in [6, 6.07) is 20.4. The number of rotatable bonds is 8. The molecule has 0 aliphatic heterocycles. The van der Waals surface area contributed by atoms with Crippen LogP contribution in [0, 0.1) is 0 Å². The van der Waals surface area contributed by atoms with Crippen molar-refractivity contribution in [2.45, 2.75) is 50.7 Å². The van der Waals surface area contributed by atoms with Crippen LogP contribution in [0.2, 0.25) is 5.02 Å². The van der Waals surface area contributed by atoms with E-state index < -0.39 is 6.04 Å². The van der Waals surface area contributed by atoms with Crippen LogP contribution >= 0.6 is 22.9 Å². The molecule has 4 nitrogen and oxygen atoms in total. The van der Waals surface area contributed by atoms with E-state index in [4.69, 9.17) is 11.6 Å². The van der Waals surface area contributed by atoms with Crippen molar-refractivity contribution in [2.24, 2.45) is 0 Å². The fraction of sp³-hybridized carbons (Fsp3) is 0.308. The Balaban J connectivity index is 1.69. The molecule has 2 aromatic carbocycles.